The number of nitrogens with zero attached hydrogens (tertiary/aromatic N) is 1. The monoisotopic (exact) mass is 324 g/mol. The van der Waals surface area contributed by atoms with Crippen molar-refractivity contribution in [2.75, 3.05) is 13.1 Å². The van der Waals surface area contributed by atoms with Crippen LogP contribution >= 0.6 is 0 Å². The van der Waals surface area contributed by atoms with Gasteiger partial charge in [0, 0.05) is 13.1 Å². The first kappa shape index (κ1) is 17.7. The molecule has 0 radical (unpaired) electrons. The van der Waals surface area contributed by atoms with Crippen molar-refractivity contribution in [2.45, 2.75) is 45.3 Å². The summed E-state index contributed by atoms with van der Waals surface area (Å²) in [5, 5.41) is 0. The molecule has 128 valence electrons. The quantitative estimate of drug-likeness (QED) is 0.866. The molecule has 0 bridgehead atoms. The van der Waals surface area contributed by atoms with Crippen molar-refractivity contribution in [3.05, 3.63) is 35.6 Å². The van der Waals surface area contributed by atoms with Crippen molar-refractivity contribution in [1.82, 2.24) is 4.90 Å². The van der Waals surface area contributed by atoms with E-state index in [-0.39, 0.29) is 23.9 Å². The zero-order chi connectivity index (χ0) is 17.0. The first-order valence-corrected chi connectivity index (χ1v) is 7.89. The van der Waals surface area contributed by atoms with Gasteiger partial charge in [-0.1, -0.05) is 12.1 Å². The third-order valence-corrected chi connectivity index (χ3v) is 3.96. The van der Waals surface area contributed by atoms with Gasteiger partial charge in [0.05, 0.1) is 0 Å². The van der Waals surface area contributed by atoms with E-state index in [0.717, 1.165) is 18.4 Å². The van der Waals surface area contributed by atoms with Crippen LogP contribution < -0.4 is 5.90 Å². The second-order valence-corrected chi connectivity index (χ2v) is 6.91. The van der Waals surface area contributed by atoms with E-state index in [9.17, 15) is 9.18 Å². The van der Waals surface area contributed by atoms with Crippen LogP contribution in [0.25, 0.3) is 0 Å². The highest BCUT2D eigenvalue weighted by Crippen LogP contribution is 2.33. The lowest BCUT2D eigenvalue weighted by Crippen LogP contribution is -2.43. The minimum absolute atomic E-state index is 0.184. The summed E-state index contributed by atoms with van der Waals surface area (Å²) < 4.78 is 18.4. The minimum Gasteiger partial charge on any atom is -0.444 e. The number of halogens is 1. The summed E-state index contributed by atoms with van der Waals surface area (Å²) in [7, 11) is 0. The van der Waals surface area contributed by atoms with Gasteiger partial charge in [0.25, 0.3) is 0 Å². The number of carbonyl (C=O) groups excluding carboxylic acids is 1. The number of rotatable bonds is 3. The molecule has 1 atom stereocenters. The molecular weight excluding hydrogens is 299 g/mol. The van der Waals surface area contributed by atoms with Gasteiger partial charge in [0.15, 0.2) is 0 Å². The predicted octanol–water partition coefficient (Wildman–Crippen LogP) is 3.40. The fourth-order valence-corrected chi connectivity index (χ4v) is 2.83. The van der Waals surface area contributed by atoms with Gasteiger partial charge in [0.2, 0.25) is 0 Å². The molecule has 0 saturated carbocycles. The summed E-state index contributed by atoms with van der Waals surface area (Å²) in [5.41, 5.74) is 0.356. The molecule has 23 heavy (non-hydrogen) atoms. The number of hydrogen-bond donors (Lipinski definition) is 1. The Balaban J connectivity index is 1.94. The first-order valence-electron chi connectivity index (χ1n) is 7.89. The maximum Gasteiger partial charge on any atom is 0.410 e. The second kappa shape index (κ2) is 7.27. The van der Waals surface area contributed by atoms with E-state index in [1.165, 1.54) is 12.1 Å². The van der Waals surface area contributed by atoms with Gasteiger partial charge in [0.1, 0.15) is 17.5 Å². The van der Waals surface area contributed by atoms with Crippen molar-refractivity contribution in [3.8, 4) is 0 Å². The molecule has 1 aliphatic heterocycles. The van der Waals surface area contributed by atoms with Crippen molar-refractivity contribution in [2.24, 2.45) is 11.8 Å². The van der Waals surface area contributed by atoms with Gasteiger partial charge in [-0.2, -0.15) is 0 Å². The van der Waals surface area contributed by atoms with Crippen LogP contribution in [-0.4, -0.2) is 29.7 Å². The van der Waals surface area contributed by atoms with Crippen molar-refractivity contribution < 1.29 is 18.8 Å². The molecule has 6 heteroatoms. The number of ether oxygens (including phenoxy) is 1. The standard InChI is InChI=1S/C17H25FN2O3/c1-17(2,3)22-16(21)20-10-8-13(9-11-20)15(23-19)12-4-6-14(18)7-5-12/h4-7,13,15H,8-11,19H2,1-3H3. The lowest BCUT2D eigenvalue weighted by molar-refractivity contribution is -0.0210. The zero-order valence-electron chi connectivity index (χ0n) is 13.9. The number of nitrogens with two attached hydrogens (primary N) is 1. The summed E-state index contributed by atoms with van der Waals surface area (Å²) in [6.45, 7) is 6.75. The van der Waals surface area contributed by atoms with Gasteiger partial charge in [-0.15, -0.1) is 0 Å². The van der Waals surface area contributed by atoms with E-state index >= 15 is 0 Å². The molecular formula is C17H25FN2O3. The molecule has 5 nitrogen and oxygen atoms in total. The first-order chi connectivity index (χ1) is 10.8. The van der Waals surface area contributed by atoms with E-state index in [1.54, 1.807) is 17.0 Å². The van der Waals surface area contributed by atoms with Crippen LogP contribution in [0, 0.1) is 11.7 Å². The Kier molecular flexibility index (Phi) is 5.59. The summed E-state index contributed by atoms with van der Waals surface area (Å²) in [6, 6.07) is 6.18. The molecule has 2 rings (SSSR count). The van der Waals surface area contributed by atoms with Gasteiger partial charge in [-0.05, 0) is 57.2 Å². The molecule has 1 saturated heterocycles. The molecule has 0 aliphatic carbocycles. The molecule has 1 aromatic rings. The smallest absolute Gasteiger partial charge is 0.410 e. The highest BCUT2D eigenvalue weighted by molar-refractivity contribution is 5.68. The van der Waals surface area contributed by atoms with Crippen molar-refractivity contribution in [3.63, 3.8) is 0 Å². The third kappa shape index (κ3) is 4.91. The van der Waals surface area contributed by atoms with Crippen molar-refractivity contribution in [1.29, 1.82) is 0 Å². The van der Waals surface area contributed by atoms with Crippen LogP contribution in [0.4, 0.5) is 9.18 Å². The van der Waals surface area contributed by atoms with Crippen LogP contribution in [0.3, 0.4) is 0 Å². The maximum atomic E-state index is 13.0. The lowest BCUT2D eigenvalue weighted by Gasteiger charge is -2.36. The van der Waals surface area contributed by atoms with Gasteiger partial charge in [-0.25, -0.2) is 15.1 Å². The summed E-state index contributed by atoms with van der Waals surface area (Å²) in [5.74, 6) is 5.35. The summed E-state index contributed by atoms with van der Waals surface area (Å²) >= 11 is 0. The van der Waals surface area contributed by atoms with Crippen LogP contribution in [0.15, 0.2) is 24.3 Å². The van der Waals surface area contributed by atoms with E-state index in [2.05, 4.69) is 0 Å². The average Bonchev–Trinajstić information content (AvgIpc) is 2.49. The fourth-order valence-electron chi connectivity index (χ4n) is 2.83. The van der Waals surface area contributed by atoms with Gasteiger partial charge < -0.3 is 9.64 Å². The molecule has 1 aromatic carbocycles. The highest BCUT2D eigenvalue weighted by atomic mass is 19.1. The summed E-state index contributed by atoms with van der Waals surface area (Å²) in [4.78, 5) is 18.9. The number of piperidine rings is 1. The van der Waals surface area contributed by atoms with Crippen LogP contribution in [-0.2, 0) is 9.57 Å². The largest absolute Gasteiger partial charge is 0.444 e. The number of amides is 1. The highest BCUT2D eigenvalue weighted by Gasteiger charge is 2.31. The molecule has 1 unspecified atom stereocenters. The Morgan fingerprint density at radius 2 is 1.83 bits per heavy atom. The van der Waals surface area contributed by atoms with Crippen LogP contribution in [0.5, 0.6) is 0 Å². The molecule has 1 aliphatic rings. The fraction of sp³-hybridized carbons (Fsp3) is 0.588. The maximum absolute atomic E-state index is 13.0. The molecule has 1 fully saturated rings. The molecule has 2 N–H and O–H groups in total. The third-order valence-electron chi connectivity index (χ3n) is 3.96. The number of carbonyl (C=O) groups is 1. The Morgan fingerprint density at radius 3 is 2.30 bits per heavy atom. The Morgan fingerprint density at radius 1 is 1.26 bits per heavy atom. The van der Waals surface area contributed by atoms with Crippen LogP contribution in [0.2, 0.25) is 0 Å². The van der Waals surface area contributed by atoms with E-state index in [0.29, 0.717) is 13.1 Å². The van der Waals surface area contributed by atoms with Crippen LogP contribution in [0.1, 0.15) is 45.3 Å². The Hall–Kier alpha value is -1.66. The lowest BCUT2D eigenvalue weighted by atomic mass is 9.87. The van der Waals surface area contributed by atoms with E-state index < -0.39 is 5.60 Å². The number of likely N-dealkylation sites (tertiary alicyclic amines) is 1. The van der Waals surface area contributed by atoms with Gasteiger partial charge >= 0.3 is 6.09 Å². The molecule has 0 spiro atoms. The molecule has 1 amide bonds. The molecule has 1 heterocycles. The minimum atomic E-state index is -0.495. The summed E-state index contributed by atoms with van der Waals surface area (Å²) in [6.07, 6.45) is 0.941. The van der Waals surface area contributed by atoms with E-state index in [1.807, 2.05) is 20.8 Å². The normalized spacial score (nSPS) is 17.9. The number of benzene rings is 1. The number of hydrogen-bond acceptors (Lipinski definition) is 4. The molecule has 0 aromatic heterocycles. The Bertz CT molecular complexity index is 520. The predicted molar refractivity (Wildman–Crippen MR) is 84.9 cm³/mol. The zero-order valence-corrected chi connectivity index (χ0v) is 13.9. The average molecular weight is 324 g/mol. The SMILES string of the molecule is CC(C)(C)OC(=O)N1CCC(C(ON)c2ccc(F)cc2)CC1. The van der Waals surface area contributed by atoms with Gasteiger partial charge in [-0.3, -0.25) is 4.84 Å². The van der Waals surface area contributed by atoms with Crippen molar-refractivity contribution >= 4 is 6.09 Å². The second-order valence-electron chi connectivity index (χ2n) is 6.91. The Labute approximate surface area is 136 Å². The van der Waals surface area contributed by atoms with E-state index in [4.69, 9.17) is 15.5 Å². The topological polar surface area (TPSA) is 64.8 Å².